The number of hydrogen-bond acceptors (Lipinski definition) is 4. The van der Waals surface area contributed by atoms with Gasteiger partial charge in [0, 0.05) is 0 Å². The van der Waals surface area contributed by atoms with Gasteiger partial charge in [-0.2, -0.15) is 3.53 Å². The number of aliphatic carboxylic acids is 1. The molecule has 0 aromatic rings. The van der Waals surface area contributed by atoms with Gasteiger partial charge in [-0.15, -0.1) is 0 Å². The second kappa shape index (κ2) is 4.52. The van der Waals surface area contributed by atoms with E-state index in [-0.39, 0.29) is 0 Å². The molecule has 6 nitrogen and oxygen atoms in total. The second-order valence-electron chi connectivity index (χ2n) is 1.40. The predicted octanol–water partition coefficient (Wildman–Crippen LogP) is -0.866. The Hall–Kier alpha value is -0.280. The second-order valence-corrected chi connectivity index (χ2v) is 3.26. The van der Waals surface area contributed by atoms with E-state index >= 15 is 0 Å². The smallest absolute Gasteiger partial charge is 0.390 e. The van der Waals surface area contributed by atoms with Gasteiger partial charge in [-0.05, 0) is 0 Å². The van der Waals surface area contributed by atoms with Crippen LogP contribution >= 0.6 is 20.1 Å². The van der Waals surface area contributed by atoms with Crippen molar-refractivity contribution in [2.24, 2.45) is 0 Å². The van der Waals surface area contributed by atoms with E-state index < -0.39 is 38.7 Å². The Morgan fingerprint density at radius 3 is 2.20 bits per heavy atom. The molecule has 0 rings (SSSR count). The summed E-state index contributed by atoms with van der Waals surface area (Å²) in [6.45, 7) is -0.728. The lowest BCUT2D eigenvalue weighted by Crippen LogP contribution is -2.34. The molecule has 0 spiro atoms. The van der Waals surface area contributed by atoms with Crippen LogP contribution in [0.1, 0.15) is 0 Å². The summed E-state index contributed by atoms with van der Waals surface area (Å²) in [5.74, 6) is -1.38. The Kier molecular flexibility index (Phi) is 4.40. The van der Waals surface area contributed by atoms with E-state index in [1.54, 1.807) is 3.53 Å². The van der Waals surface area contributed by atoms with Crippen molar-refractivity contribution >= 4 is 26.0 Å². The van der Waals surface area contributed by atoms with Gasteiger partial charge in [0.15, 0.2) is 0 Å². The van der Waals surface area contributed by atoms with Gasteiger partial charge >= 0.3 is 26.0 Å². The fourth-order valence-electron chi connectivity index (χ4n) is 0.267. The molecule has 0 fully saturated rings. The molecule has 7 heteroatoms. The molecule has 0 bridgehead atoms. The van der Waals surface area contributed by atoms with E-state index in [4.69, 9.17) is 10.2 Å². The van der Waals surface area contributed by atoms with Gasteiger partial charge in [0.2, 0.25) is 0 Å². The van der Waals surface area contributed by atoms with Gasteiger partial charge in [-0.1, -0.05) is 0 Å². The molecular formula is C3H6INO5. The van der Waals surface area contributed by atoms with Crippen LogP contribution in [0.25, 0.3) is 0 Å². The summed E-state index contributed by atoms with van der Waals surface area (Å²) in [5, 5.41) is 16.4. The number of nitrogens with one attached hydrogen (secondary N) is 1. The first-order valence-electron chi connectivity index (χ1n) is 2.23. The highest BCUT2D eigenvalue weighted by molar-refractivity contribution is 14.2. The maximum Gasteiger partial charge on any atom is 0.390 e. The first-order valence-corrected chi connectivity index (χ1v) is 5.07. The van der Waals surface area contributed by atoms with Crippen LogP contribution in [0.3, 0.4) is 0 Å². The molecule has 0 radical (unpaired) electrons. The van der Waals surface area contributed by atoms with E-state index in [2.05, 4.69) is 0 Å². The number of aliphatic hydroxyl groups is 1. The number of aliphatic hydroxyl groups excluding tert-OH is 1. The lowest BCUT2D eigenvalue weighted by molar-refractivity contribution is -0.139. The SMILES string of the molecule is O=C(O)[C@H](CO)NI(=O)=O. The van der Waals surface area contributed by atoms with E-state index in [1.165, 1.54) is 0 Å². The standard InChI is InChI=1S/C3H6INO5/c6-1-2(3(7)8)5-4(9)10/h2,6H,1H2,(H,7,8)(H,5,9,10)/t2-/m0/s1. The monoisotopic (exact) mass is 263 g/mol. The number of hydrogen-bond donors (Lipinski definition) is 3. The molecule has 1 atom stereocenters. The van der Waals surface area contributed by atoms with Crippen molar-refractivity contribution in [2.45, 2.75) is 6.04 Å². The van der Waals surface area contributed by atoms with Crippen molar-refractivity contribution in [1.82, 2.24) is 3.53 Å². The number of carboxylic acids is 1. The molecule has 0 aliphatic carbocycles. The van der Waals surface area contributed by atoms with E-state index in [0.717, 1.165) is 0 Å². The molecular weight excluding hydrogens is 257 g/mol. The number of rotatable bonds is 4. The third-order valence-electron chi connectivity index (χ3n) is 0.701. The average Bonchev–Trinajstić information content (AvgIpc) is 1.81. The Morgan fingerprint density at radius 2 is 2.10 bits per heavy atom. The van der Waals surface area contributed by atoms with Gasteiger partial charge in [0.25, 0.3) is 0 Å². The molecule has 0 aliphatic heterocycles. The van der Waals surface area contributed by atoms with E-state index in [9.17, 15) is 10.9 Å². The summed E-state index contributed by atoms with van der Waals surface area (Å²) in [4.78, 5) is 9.99. The minimum atomic E-state index is -3.74. The average molecular weight is 263 g/mol. The van der Waals surface area contributed by atoms with Crippen LogP contribution in [0.2, 0.25) is 0 Å². The van der Waals surface area contributed by atoms with Gasteiger partial charge in [0.05, 0.1) is 6.61 Å². The molecule has 0 aliphatic rings. The first kappa shape index (κ1) is 9.72. The highest BCUT2D eigenvalue weighted by Crippen LogP contribution is 1.98. The Balaban J connectivity index is 3.96. The lowest BCUT2D eigenvalue weighted by Gasteiger charge is -2.02. The maximum absolute atomic E-state index is 9.99. The predicted molar refractivity (Wildman–Crippen MR) is 37.0 cm³/mol. The Morgan fingerprint density at radius 1 is 1.60 bits per heavy atom. The minimum Gasteiger partial charge on any atom is -0.480 e. The van der Waals surface area contributed by atoms with Crippen LogP contribution in [-0.4, -0.2) is 28.8 Å². The van der Waals surface area contributed by atoms with Crippen LogP contribution in [0, 0.1) is 0 Å². The summed E-state index contributed by atoms with van der Waals surface area (Å²) >= 11 is -3.74. The van der Waals surface area contributed by atoms with Crippen LogP contribution in [0.4, 0.5) is 0 Å². The van der Waals surface area contributed by atoms with Crippen LogP contribution < -0.4 is 3.53 Å². The number of carboxylic acid groups (broad SMARTS) is 1. The molecule has 3 N–H and O–H groups in total. The third-order valence-corrected chi connectivity index (χ3v) is 1.96. The third kappa shape index (κ3) is 3.69. The lowest BCUT2D eigenvalue weighted by atomic mass is 10.3. The van der Waals surface area contributed by atoms with Gasteiger partial charge in [-0.3, -0.25) is 4.79 Å². The topological polar surface area (TPSA) is 104 Å². The highest BCUT2D eigenvalue weighted by atomic mass is 127. The fourth-order valence-corrected chi connectivity index (χ4v) is 1.34. The summed E-state index contributed by atoms with van der Waals surface area (Å²) in [6.07, 6.45) is 0. The fraction of sp³-hybridized carbons (Fsp3) is 0.667. The molecule has 60 valence electrons. The quantitative estimate of drug-likeness (QED) is 0.450. The van der Waals surface area contributed by atoms with Crippen molar-refractivity contribution in [3.8, 4) is 0 Å². The zero-order valence-electron chi connectivity index (χ0n) is 4.78. The van der Waals surface area contributed by atoms with Crippen molar-refractivity contribution in [1.29, 1.82) is 0 Å². The molecule has 0 saturated carbocycles. The molecule has 0 aromatic carbocycles. The van der Waals surface area contributed by atoms with Gasteiger partial charge < -0.3 is 10.2 Å². The number of carbonyl (C=O) groups is 1. The zero-order chi connectivity index (χ0) is 8.15. The molecule has 0 unspecified atom stereocenters. The molecule has 0 amide bonds. The minimum absolute atomic E-state index is 0.728. The first-order chi connectivity index (χ1) is 4.57. The largest absolute Gasteiger partial charge is 0.480 e. The Bertz CT molecular complexity index is 179. The van der Waals surface area contributed by atoms with Crippen LogP contribution in [0.15, 0.2) is 0 Å². The maximum atomic E-state index is 9.99. The molecule has 10 heavy (non-hydrogen) atoms. The van der Waals surface area contributed by atoms with Crippen molar-refractivity contribution in [3.05, 3.63) is 0 Å². The van der Waals surface area contributed by atoms with E-state index in [1.807, 2.05) is 0 Å². The van der Waals surface area contributed by atoms with E-state index in [0.29, 0.717) is 0 Å². The van der Waals surface area contributed by atoms with Crippen molar-refractivity contribution < 1.29 is 21.1 Å². The summed E-state index contributed by atoms with van der Waals surface area (Å²) in [6, 6.07) is -1.39. The van der Waals surface area contributed by atoms with Crippen LogP contribution in [0.5, 0.6) is 0 Å². The van der Waals surface area contributed by atoms with Crippen LogP contribution in [-0.2, 0) is 10.9 Å². The van der Waals surface area contributed by atoms with Crippen molar-refractivity contribution in [3.63, 3.8) is 0 Å². The normalized spacial score (nSPS) is 13.4. The van der Waals surface area contributed by atoms with Gasteiger partial charge in [-0.25, -0.2) is 6.14 Å². The zero-order valence-corrected chi connectivity index (χ0v) is 6.94. The van der Waals surface area contributed by atoms with Crippen molar-refractivity contribution in [2.75, 3.05) is 6.61 Å². The summed E-state index contributed by atoms with van der Waals surface area (Å²) < 4.78 is 21.6. The number of halogens is 1. The summed E-state index contributed by atoms with van der Waals surface area (Å²) in [5.41, 5.74) is 0. The molecule has 0 saturated heterocycles. The Labute approximate surface area is 63.7 Å². The van der Waals surface area contributed by atoms with Gasteiger partial charge in [0.1, 0.15) is 6.04 Å². The molecule has 0 aromatic heterocycles. The summed E-state index contributed by atoms with van der Waals surface area (Å²) in [7, 11) is 0. The highest BCUT2D eigenvalue weighted by Gasteiger charge is 2.16. The molecule has 0 heterocycles.